The van der Waals surface area contributed by atoms with Crippen LogP contribution in [0.1, 0.15) is 13.8 Å². The monoisotopic (exact) mass is 188 g/mol. The van der Waals surface area contributed by atoms with Crippen molar-refractivity contribution in [2.75, 3.05) is 0 Å². The fourth-order valence-electron chi connectivity index (χ4n) is 0.974. The van der Waals surface area contributed by atoms with Gasteiger partial charge in [0.05, 0.1) is 0 Å². The number of halogens is 4. The van der Waals surface area contributed by atoms with Gasteiger partial charge in [0, 0.05) is 11.2 Å². The smallest absolute Gasteiger partial charge is 0.198 e. The molecular formula is C6H8F4S. The average Bonchev–Trinajstić information content (AvgIpc) is 1.93. The summed E-state index contributed by atoms with van der Waals surface area (Å²) in [5.41, 5.74) is 0. The molecule has 1 rings (SSSR count). The van der Waals surface area contributed by atoms with E-state index in [-0.39, 0.29) is 11.8 Å². The molecule has 1 fully saturated rings. The molecule has 0 amide bonds. The van der Waals surface area contributed by atoms with E-state index in [1.165, 1.54) is 6.92 Å². The van der Waals surface area contributed by atoms with Gasteiger partial charge in [-0.2, -0.15) is 17.6 Å². The van der Waals surface area contributed by atoms with Gasteiger partial charge in [0.1, 0.15) is 0 Å². The van der Waals surface area contributed by atoms with E-state index in [2.05, 4.69) is 0 Å². The van der Waals surface area contributed by atoms with Gasteiger partial charge in [-0.25, -0.2) is 0 Å². The Morgan fingerprint density at radius 2 is 1.55 bits per heavy atom. The van der Waals surface area contributed by atoms with E-state index in [9.17, 15) is 17.6 Å². The molecule has 66 valence electrons. The number of thioether (sulfide) groups is 1. The van der Waals surface area contributed by atoms with Crippen molar-refractivity contribution in [2.45, 2.75) is 30.3 Å². The van der Waals surface area contributed by atoms with Crippen LogP contribution in [0.2, 0.25) is 0 Å². The summed E-state index contributed by atoms with van der Waals surface area (Å²) < 4.78 is 50.1. The highest BCUT2D eigenvalue weighted by molar-refractivity contribution is 8.01. The predicted molar refractivity (Wildman–Crippen MR) is 36.1 cm³/mol. The minimum atomic E-state index is -3.88. The lowest BCUT2D eigenvalue weighted by Gasteiger charge is -2.20. The number of hydrogen-bond acceptors (Lipinski definition) is 1. The van der Waals surface area contributed by atoms with Crippen LogP contribution < -0.4 is 0 Å². The second-order valence-corrected chi connectivity index (χ2v) is 4.24. The van der Waals surface area contributed by atoms with Gasteiger partial charge in [-0.05, 0) is 0 Å². The lowest BCUT2D eigenvalue weighted by atomic mass is 10.0. The largest absolute Gasteiger partial charge is 0.356 e. The van der Waals surface area contributed by atoms with Crippen LogP contribution in [-0.4, -0.2) is 16.4 Å². The minimum absolute atomic E-state index is 0.0544. The molecule has 0 radical (unpaired) electrons. The number of hydrogen-bond donors (Lipinski definition) is 0. The molecule has 0 aromatic heterocycles. The molecule has 0 N–H and O–H groups in total. The highest BCUT2D eigenvalue weighted by Gasteiger charge is 2.67. The third-order valence-corrected chi connectivity index (χ3v) is 3.35. The topological polar surface area (TPSA) is 0 Å². The summed E-state index contributed by atoms with van der Waals surface area (Å²) in [5, 5.41) is -4.56. The highest BCUT2D eigenvalue weighted by atomic mass is 32.2. The van der Waals surface area contributed by atoms with Crippen LogP contribution in [0.3, 0.4) is 0 Å². The molecule has 0 aromatic carbocycles. The Labute approximate surface area is 66.3 Å². The van der Waals surface area contributed by atoms with Crippen molar-refractivity contribution < 1.29 is 17.6 Å². The van der Waals surface area contributed by atoms with Gasteiger partial charge in [-0.3, -0.25) is 0 Å². The predicted octanol–water partition coefficient (Wildman–Crippen LogP) is 2.99. The zero-order valence-electron chi connectivity index (χ0n) is 6.07. The molecule has 2 atom stereocenters. The van der Waals surface area contributed by atoms with Crippen molar-refractivity contribution in [3.63, 3.8) is 0 Å². The Kier molecular flexibility index (Phi) is 1.90. The van der Waals surface area contributed by atoms with Crippen LogP contribution in [0.15, 0.2) is 0 Å². The number of alkyl halides is 4. The molecule has 2 unspecified atom stereocenters. The van der Waals surface area contributed by atoms with Crippen LogP contribution >= 0.6 is 11.8 Å². The lowest BCUT2D eigenvalue weighted by Crippen LogP contribution is -2.37. The van der Waals surface area contributed by atoms with Crippen molar-refractivity contribution in [3.8, 4) is 0 Å². The van der Waals surface area contributed by atoms with E-state index < -0.39 is 22.3 Å². The Morgan fingerprint density at radius 1 is 1.09 bits per heavy atom. The molecular weight excluding hydrogens is 180 g/mol. The van der Waals surface area contributed by atoms with Gasteiger partial charge < -0.3 is 0 Å². The van der Waals surface area contributed by atoms with Crippen LogP contribution in [0.5, 0.6) is 0 Å². The standard InChI is InChI=1S/C6H8F4S/c1-3-4(2)11-6(9,10)5(3,7)8/h3-4H,1-2H3. The summed E-state index contributed by atoms with van der Waals surface area (Å²) in [4.78, 5) is 0. The Morgan fingerprint density at radius 3 is 1.64 bits per heavy atom. The molecule has 5 heteroatoms. The summed E-state index contributed by atoms with van der Waals surface area (Å²) in [5.74, 6) is -5.10. The first-order valence-electron chi connectivity index (χ1n) is 3.22. The van der Waals surface area contributed by atoms with E-state index in [1.807, 2.05) is 0 Å². The Bertz CT molecular complexity index is 168. The van der Waals surface area contributed by atoms with Gasteiger partial charge in [-0.15, -0.1) is 0 Å². The summed E-state index contributed by atoms with van der Waals surface area (Å²) in [6.07, 6.45) is 0. The molecule has 11 heavy (non-hydrogen) atoms. The fraction of sp³-hybridized carbons (Fsp3) is 1.00. The average molecular weight is 188 g/mol. The fourth-order valence-corrected chi connectivity index (χ4v) is 2.16. The SMILES string of the molecule is CC1SC(F)(F)C(F)(F)C1C. The van der Waals surface area contributed by atoms with E-state index in [1.54, 1.807) is 0 Å². The molecule has 0 nitrogen and oxygen atoms in total. The molecule has 1 aliphatic rings. The van der Waals surface area contributed by atoms with Crippen molar-refractivity contribution in [2.24, 2.45) is 5.92 Å². The third-order valence-electron chi connectivity index (χ3n) is 2.00. The first-order chi connectivity index (χ1) is 4.79. The summed E-state index contributed by atoms with van der Waals surface area (Å²) in [6.45, 7) is 2.54. The maximum Gasteiger partial charge on any atom is 0.356 e. The van der Waals surface area contributed by atoms with E-state index in [4.69, 9.17) is 0 Å². The molecule has 0 bridgehead atoms. The van der Waals surface area contributed by atoms with Gasteiger partial charge >= 0.3 is 11.2 Å². The van der Waals surface area contributed by atoms with Crippen molar-refractivity contribution in [3.05, 3.63) is 0 Å². The maximum absolute atomic E-state index is 12.6. The normalized spacial score (nSPS) is 40.9. The molecule has 1 aliphatic heterocycles. The van der Waals surface area contributed by atoms with Crippen LogP contribution in [-0.2, 0) is 0 Å². The quantitative estimate of drug-likeness (QED) is 0.526. The molecule has 0 aromatic rings. The lowest BCUT2D eigenvalue weighted by molar-refractivity contribution is -0.169. The van der Waals surface area contributed by atoms with Crippen molar-refractivity contribution >= 4 is 11.8 Å². The van der Waals surface area contributed by atoms with Gasteiger partial charge in [-0.1, -0.05) is 25.6 Å². The van der Waals surface area contributed by atoms with E-state index in [0.29, 0.717) is 0 Å². The van der Waals surface area contributed by atoms with Crippen LogP contribution in [0.25, 0.3) is 0 Å². The summed E-state index contributed by atoms with van der Waals surface area (Å²) >= 11 is 0.0544. The molecule has 0 spiro atoms. The van der Waals surface area contributed by atoms with Crippen LogP contribution in [0.4, 0.5) is 17.6 Å². The van der Waals surface area contributed by atoms with Gasteiger partial charge in [0.15, 0.2) is 0 Å². The second kappa shape index (κ2) is 2.28. The zero-order valence-corrected chi connectivity index (χ0v) is 6.89. The summed E-state index contributed by atoms with van der Waals surface area (Å²) in [7, 11) is 0. The molecule has 0 saturated carbocycles. The molecule has 1 saturated heterocycles. The first-order valence-corrected chi connectivity index (χ1v) is 4.10. The zero-order chi connectivity index (χ0) is 8.86. The van der Waals surface area contributed by atoms with E-state index >= 15 is 0 Å². The van der Waals surface area contributed by atoms with E-state index in [0.717, 1.165) is 6.92 Å². The Balaban J connectivity index is 2.92. The van der Waals surface area contributed by atoms with Gasteiger partial charge in [0.25, 0.3) is 0 Å². The first kappa shape index (κ1) is 9.16. The maximum atomic E-state index is 12.6. The summed E-state index contributed by atoms with van der Waals surface area (Å²) in [6, 6.07) is 0. The molecule has 0 aliphatic carbocycles. The second-order valence-electron chi connectivity index (χ2n) is 2.75. The van der Waals surface area contributed by atoms with Crippen LogP contribution in [0, 0.1) is 5.92 Å². The van der Waals surface area contributed by atoms with Gasteiger partial charge in [0.2, 0.25) is 0 Å². The minimum Gasteiger partial charge on any atom is -0.198 e. The highest BCUT2D eigenvalue weighted by Crippen LogP contribution is 2.58. The molecule has 1 heterocycles. The third kappa shape index (κ3) is 1.13. The number of rotatable bonds is 0. The Hall–Kier alpha value is 0.0700. The van der Waals surface area contributed by atoms with Crippen molar-refractivity contribution in [1.29, 1.82) is 0 Å². The van der Waals surface area contributed by atoms with Crippen molar-refractivity contribution in [1.82, 2.24) is 0 Å².